The maximum Gasteiger partial charge on any atom is 0.224 e. The minimum Gasteiger partial charge on any atom is -0.372 e. The fourth-order valence-corrected chi connectivity index (χ4v) is 8.85. The van der Waals surface area contributed by atoms with Gasteiger partial charge in [-0.25, -0.2) is 0 Å². The lowest BCUT2D eigenvalue weighted by Crippen LogP contribution is -2.45. The molecule has 196 valence electrons. The van der Waals surface area contributed by atoms with E-state index in [1.54, 1.807) is 11.3 Å². The van der Waals surface area contributed by atoms with Crippen molar-refractivity contribution in [3.63, 3.8) is 0 Å². The van der Waals surface area contributed by atoms with Crippen molar-refractivity contribution in [3.05, 3.63) is 62.5 Å². The molecule has 5 heterocycles. The van der Waals surface area contributed by atoms with E-state index in [1.807, 2.05) is 25.1 Å². The number of rotatable bonds is 4. The number of carbonyl (C=O) groups excluding carboxylic acids is 1. The van der Waals surface area contributed by atoms with E-state index in [4.69, 9.17) is 21.3 Å². The van der Waals surface area contributed by atoms with Gasteiger partial charge < -0.3 is 10.1 Å². The summed E-state index contributed by atoms with van der Waals surface area (Å²) in [5, 5.41) is 14.2. The molecule has 3 aromatic rings. The number of nitrogens with one attached hydrogen (secondary N) is 1. The number of hydrogen-bond acceptors (Lipinski definition) is 6. The molecule has 2 bridgehead atoms. The summed E-state index contributed by atoms with van der Waals surface area (Å²) < 4.78 is 8.38. The fraction of sp³-hybridized carbons (Fsp3) is 0.517. The van der Waals surface area contributed by atoms with Gasteiger partial charge in [-0.1, -0.05) is 43.1 Å². The molecular formula is C29H30ClN5O2S. The third-order valence-corrected chi connectivity index (χ3v) is 11.0. The summed E-state index contributed by atoms with van der Waals surface area (Å²) in [5.74, 6) is 2.52. The molecule has 1 spiro atoms. The molecule has 9 heteroatoms. The average Bonchev–Trinajstić information content (AvgIpc) is 3.35. The maximum absolute atomic E-state index is 13.5. The molecule has 8 rings (SSSR count). The Balaban J connectivity index is 1.16. The van der Waals surface area contributed by atoms with Gasteiger partial charge in [0, 0.05) is 26.9 Å². The predicted octanol–water partition coefficient (Wildman–Crippen LogP) is 4.92. The van der Waals surface area contributed by atoms with Crippen molar-refractivity contribution >= 4 is 34.6 Å². The average molecular weight is 548 g/mol. The Labute approximate surface area is 230 Å². The molecule has 2 aliphatic carbocycles. The van der Waals surface area contributed by atoms with Crippen molar-refractivity contribution in [2.75, 3.05) is 0 Å². The SMILES string of the molecule is CC[C@@H]1C[C@H]2O[C@@H]1C[C@H]2NC(=O)[C@@H]1Cc2sc3c(c2C1)C(c1ccccc1Cl)=NC1(CC1)c1nnc(C)n1-3. The molecule has 1 aromatic carbocycles. The number of fused-ring (bicyclic) bond motifs is 8. The van der Waals surface area contributed by atoms with Gasteiger partial charge in [0.05, 0.1) is 24.0 Å². The van der Waals surface area contributed by atoms with Gasteiger partial charge in [0.15, 0.2) is 5.82 Å². The van der Waals surface area contributed by atoms with E-state index in [2.05, 4.69) is 33.1 Å². The van der Waals surface area contributed by atoms with Gasteiger partial charge in [0.1, 0.15) is 16.4 Å². The van der Waals surface area contributed by atoms with Crippen LogP contribution in [0.15, 0.2) is 29.3 Å². The highest BCUT2D eigenvalue weighted by Crippen LogP contribution is 2.54. The molecule has 38 heavy (non-hydrogen) atoms. The minimum absolute atomic E-state index is 0.0743. The van der Waals surface area contributed by atoms with Crippen LogP contribution in [0.5, 0.6) is 0 Å². The summed E-state index contributed by atoms with van der Waals surface area (Å²) in [6.45, 7) is 4.25. The van der Waals surface area contributed by atoms with Crippen LogP contribution in [0, 0.1) is 18.8 Å². The molecule has 2 aromatic heterocycles. The number of aromatic nitrogens is 3. The number of amides is 1. The zero-order valence-corrected chi connectivity index (χ0v) is 23.1. The molecule has 1 saturated carbocycles. The van der Waals surface area contributed by atoms with Gasteiger partial charge in [-0.15, -0.1) is 21.5 Å². The highest BCUT2D eigenvalue weighted by atomic mass is 35.5. The van der Waals surface area contributed by atoms with E-state index in [9.17, 15) is 4.79 Å². The van der Waals surface area contributed by atoms with Crippen LogP contribution >= 0.6 is 22.9 Å². The lowest BCUT2D eigenvalue weighted by atomic mass is 9.84. The Morgan fingerprint density at radius 3 is 2.79 bits per heavy atom. The molecule has 3 aliphatic heterocycles. The summed E-state index contributed by atoms with van der Waals surface area (Å²) in [4.78, 5) is 20.2. The first-order valence-corrected chi connectivity index (χ1v) is 15.0. The molecule has 5 atom stereocenters. The molecular weight excluding hydrogens is 518 g/mol. The fourth-order valence-electron chi connectivity index (χ4n) is 7.17. The number of benzene rings is 1. The number of aryl methyl sites for hydroxylation is 1. The maximum atomic E-state index is 13.5. The first kappa shape index (κ1) is 23.3. The van der Waals surface area contributed by atoms with Gasteiger partial charge in [-0.3, -0.25) is 14.4 Å². The van der Waals surface area contributed by atoms with E-state index in [0.29, 0.717) is 23.5 Å². The van der Waals surface area contributed by atoms with E-state index < -0.39 is 0 Å². The lowest BCUT2D eigenvalue weighted by molar-refractivity contribution is -0.125. The predicted molar refractivity (Wildman–Crippen MR) is 146 cm³/mol. The molecule has 5 aliphatic rings. The van der Waals surface area contributed by atoms with E-state index in [1.165, 1.54) is 10.4 Å². The van der Waals surface area contributed by atoms with Crippen molar-refractivity contribution in [2.45, 2.75) is 82.6 Å². The second-order valence-corrected chi connectivity index (χ2v) is 13.1. The van der Waals surface area contributed by atoms with E-state index >= 15 is 0 Å². The number of nitrogens with zero attached hydrogens (tertiary/aromatic N) is 4. The highest BCUT2D eigenvalue weighted by molar-refractivity contribution is 7.15. The van der Waals surface area contributed by atoms with Gasteiger partial charge in [-0.2, -0.15) is 0 Å². The quantitative estimate of drug-likeness (QED) is 0.503. The van der Waals surface area contributed by atoms with Crippen LogP contribution in [0.3, 0.4) is 0 Å². The first-order chi connectivity index (χ1) is 18.5. The third-order valence-electron chi connectivity index (χ3n) is 9.38. The molecule has 1 N–H and O–H groups in total. The Kier molecular flexibility index (Phi) is 5.05. The Bertz CT molecular complexity index is 1520. The normalized spacial score (nSPS) is 29.6. The molecule has 7 nitrogen and oxygen atoms in total. The Morgan fingerprint density at radius 2 is 2.05 bits per heavy atom. The summed E-state index contributed by atoms with van der Waals surface area (Å²) in [6.07, 6.45) is 7.00. The highest BCUT2D eigenvalue weighted by Gasteiger charge is 2.52. The Hall–Kier alpha value is -2.55. The van der Waals surface area contributed by atoms with Crippen LogP contribution in [0.1, 0.15) is 72.2 Å². The topological polar surface area (TPSA) is 81.4 Å². The largest absolute Gasteiger partial charge is 0.372 e. The summed E-state index contributed by atoms with van der Waals surface area (Å²) in [5.41, 5.74) is 3.86. The monoisotopic (exact) mass is 547 g/mol. The Morgan fingerprint density at radius 1 is 1.21 bits per heavy atom. The number of halogens is 1. The first-order valence-electron chi connectivity index (χ1n) is 13.8. The number of hydrogen-bond donors (Lipinski definition) is 1. The zero-order valence-electron chi connectivity index (χ0n) is 21.5. The van der Waals surface area contributed by atoms with Crippen LogP contribution in [0.2, 0.25) is 5.02 Å². The van der Waals surface area contributed by atoms with Gasteiger partial charge in [-0.05, 0) is 63.0 Å². The molecule has 0 unspecified atom stereocenters. The summed E-state index contributed by atoms with van der Waals surface area (Å²) in [7, 11) is 0. The minimum atomic E-state index is -0.352. The number of carbonyl (C=O) groups is 1. The second-order valence-electron chi connectivity index (χ2n) is 11.6. The van der Waals surface area contributed by atoms with Gasteiger partial charge >= 0.3 is 0 Å². The number of thiophene rings is 1. The third kappa shape index (κ3) is 3.29. The molecule has 1 amide bonds. The van der Waals surface area contributed by atoms with E-state index in [0.717, 1.165) is 72.0 Å². The number of aliphatic imine (C=N–C) groups is 1. The van der Waals surface area contributed by atoms with Crippen molar-refractivity contribution in [1.29, 1.82) is 0 Å². The van der Waals surface area contributed by atoms with E-state index in [-0.39, 0.29) is 29.5 Å². The van der Waals surface area contributed by atoms with Crippen LogP contribution < -0.4 is 5.32 Å². The van der Waals surface area contributed by atoms with Crippen molar-refractivity contribution in [3.8, 4) is 5.00 Å². The van der Waals surface area contributed by atoms with Crippen molar-refractivity contribution in [2.24, 2.45) is 16.8 Å². The van der Waals surface area contributed by atoms with Crippen LogP contribution in [0.25, 0.3) is 5.00 Å². The zero-order chi connectivity index (χ0) is 25.8. The van der Waals surface area contributed by atoms with Crippen LogP contribution in [-0.2, 0) is 27.9 Å². The molecule has 0 radical (unpaired) electrons. The lowest BCUT2D eigenvalue weighted by Gasteiger charge is -2.25. The van der Waals surface area contributed by atoms with Crippen molar-refractivity contribution in [1.82, 2.24) is 20.1 Å². The second kappa shape index (κ2) is 8.23. The molecule has 3 fully saturated rings. The standard InChI is InChI=1S/C29H30ClN5O2S/c1-3-15-11-22-20(13-21(15)37-22)31-26(36)16-10-18-23(12-16)38-27-24(18)25(17-6-4-5-7-19(17)30)32-29(8-9-29)28-34-33-14(2)35(27)28/h4-7,15-16,20-22H,3,8-13H2,1-2H3,(H,31,36)/t15-,16+,20-,21-,22-/m1/s1. The summed E-state index contributed by atoms with van der Waals surface area (Å²) in [6, 6.07) is 8.10. The number of ether oxygens (including phenoxy) is 1. The van der Waals surface area contributed by atoms with Gasteiger partial charge in [0.25, 0.3) is 0 Å². The van der Waals surface area contributed by atoms with Crippen LogP contribution in [0.4, 0.5) is 0 Å². The van der Waals surface area contributed by atoms with Crippen molar-refractivity contribution < 1.29 is 9.53 Å². The molecule has 2 saturated heterocycles. The van der Waals surface area contributed by atoms with Gasteiger partial charge in [0.2, 0.25) is 5.91 Å². The van der Waals surface area contributed by atoms with Crippen LogP contribution in [-0.4, -0.2) is 44.6 Å². The summed E-state index contributed by atoms with van der Waals surface area (Å²) >= 11 is 8.53. The smallest absolute Gasteiger partial charge is 0.224 e.